The molecule has 3 N–H and O–H groups in total. The lowest BCUT2D eigenvalue weighted by Gasteiger charge is -2.25. The highest BCUT2D eigenvalue weighted by Gasteiger charge is 2.29. The third kappa shape index (κ3) is 1.72. The Hall–Kier alpha value is -1.07. The molecule has 0 bridgehead atoms. The minimum Gasteiger partial charge on any atom is -0.380 e. The fourth-order valence-electron chi connectivity index (χ4n) is 1.95. The van der Waals surface area contributed by atoms with E-state index in [0.717, 1.165) is 0 Å². The molecule has 1 unspecified atom stereocenters. The van der Waals surface area contributed by atoms with Gasteiger partial charge >= 0.3 is 0 Å². The highest BCUT2D eigenvalue weighted by Crippen LogP contribution is 2.31. The molecule has 82 valence electrons. The standard InChI is InChI=1S/C10H14N2O2S/c1-7-6-15(13,14)10-8(5-11)3-2-4-9(10)12-7/h2-4,7,12H,5-6,11H2,1H3. The average molecular weight is 226 g/mol. The molecule has 1 aliphatic heterocycles. The van der Waals surface area contributed by atoms with Crippen molar-refractivity contribution >= 4 is 15.5 Å². The third-order valence-electron chi connectivity index (χ3n) is 2.50. The Kier molecular flexibility index (Phi) is 2.44. The van der Waals surface area contributed by atoms with Gasteiger partial charge in [-0.25, -0.2) is 8.42 Å². The van der Waals surface area contributed by atoms with Gasteiger partial charge < -0.3 is 11.1 Å². The summed E-state index contributed by atoms with van der Waals surface area (Å²) < 4.78 is 23.9. The fourth-order valence-corrected chi connectivity index (χ4v) is 3.87. The van der Waals surface area contributed by atoms with E-state index in [-0.39, 0.29) is 18.3 Å². The lowest BCUT2D eigenvalue weighted by Crippen LogP contribution is -2.32. The topological polar surface area (TPSA) is 72.2 Å². The van der Waals surface area contributed by atoms with Crippen molar-refractivity contribution in [3.8, 4) is 0 Å². The molecular weight excluding hydrogens is 212 g/mol. The molecule has 1 aliphatic rings. The molecule has 2 rings (SSSR count). The van der Waals surface area contributed by atoms with Gasteiger partial charge in [0.15, 0.2) is 9.84 Å². The van der Waals surface area contributed by atoms with E-state index in [9.17, 15) is 8.42 Å². The zero-order chi connectivity index (χ0) is 11.1. The molecule has 0 aliphatic carbocycles. The second-order valence-electron chi connectivity index (χ2n) is 3.82. The monoisotopic (exact) mass is 226 g/mol. The fraction of sp³-hybridized carbons (Fsp3) is 0.400. The highest BCUT2D eigenvalue weighted by atomic mass is 32.2. The summed E-state index contributed by atoms with van der Waals surface area (Å²) in [6.45, 7) is 2.11. The number of benzene rings is 1. The second-order valence-corrected chi connectivity index (χ2v) is 5.80. The SMILES string of the molecule is CC1CS(=O)(=O)c2c(CN)cccc2N1. The smallest absolute Gasteiger partial charge is 0.182 e. The number of nitrogens with two attached hydrogens (primary N) is 1. The van der Waals surface area contributed by atoms with Crippen molar-refractivity contribution in [1.29, 1.82) is 0 Å². The minimum absolute atomic E-state index is 0.0458. The first-order valence-corrected chi connectivity index (χ1v) is 6.51. The molecule has 0 saturated heterocycles. The van der Waals surface area contributed by atoms with E-state index in [2.05, 4.69) is 5.32 Å². The van der Waals surface area contributed by atoms with Gasteiger partial charge in [0.05, 0.1) is 16.3 Å². The largest absolute Gasteiger partial charge is 0.380 e. The second kappa shape index (κ2) is 3.50. The van der Waals surface area contributed by atoms with Crippen LogP contribution in [-0.4, -0.2) is 20.2 Å². The van der Waals surface area contributed by atoms with Crippen LogP contribution in [0.2, 0.25) is 0 Å². The number of hydrogen-bond acceptors (Lipinski definition) is 4. The Morgan fingerprint density at radius 1 is 1.53 bits per heavy atom. The Bertz CT molecular complexity index is 482. The Balaban J connectivity index is 2.68. The predicted molar refractivity (Wildman–Crippen MR) is 59.5 cm³/mol. The van der Waals surface area contributed by atoms with Gasteiger partial charge in [0.25, 0.3) is 0 Å². The minimum atomic E-state index is -3.18. The Morgan fingerprint density at radius 3 is 2.93 bits per heavy atom. The van der Waals surface area contributed by atoms with Gasteiger partial charge in [-0.1, -0.05) is 12.1 Å². The van der Waals surface area contributed by atoms with Crippen molar-refractivity contribution in [2.75, 3.05) is 11.1 Å². The number of nitrogens with one attached hydrogen (secondary N) is 1. The first-order chi connectivity index (χ1) is 7.04. The van der Waals surface area contributed by atoms with E-state index in [1.54, 1.807) is 12.1 Å². The molecule has 0 amide bonds. The summed E-state index contributed by atoms with van der Waals surface area (Å²) in [5.74, 6) is 0.136. The van der Waals surface area contributed by atoms with Crippen molar-refractivity contribution in [3.63, 3.8) is 0 Å². The molecule has 1 aromatic carbocycles. The molecule has 0 fully saturated rings. The molecule has 1 heterocycles. The molecule has 15 heavy (non-hydrogen) atoms. The van der Waals surface area contributed by atoms with E-state index in [1.807, 2.05) is 13.0 Å². The lowest BCUT2D eigenvalue weighted by atomic mass is 10.2. The van der Waals surface area contributed by atoms with Crippen LogP contribution >= 0.6 is 0 Å². The van der Waals surface area contributed by atoms with Crippen molar-refractivity contribution in [2.24, 2.45) is 5.73 Å². The Labute approximate surface area is 89.4 Å². The van der Waals surface area contributed by atoms with Gasteiger partial charge in [-0.3, -0.25) is 0 Å². The van der Waals surface area contributed by atoms with Crippen LogP contribution in [0.4, 0.5) is 5.69 Å². The van der Waals surface area contributed by atoms with E-state index in [4.69, 9.17) is 5.73 Å². The number of hydrogen-bond donors (Lipinski definition) is 2. The number of rotatable bonds is 1. The van der Waals surface area contributed by atoms with Crippen molar-refractivity contribution in [2.45, 2.75) is 24.4 Å². The van der Waals surface area contributed by atoms with Gasteiger partial charge in [0.2, 0.25) is 0 Å². The van der Waals surface area contributed by atoms with Crippen LogP contribution in [0.3, 0.4) is 0 Å². The maximum atomic E-state index is 12.0. The van der Waals surface area contributed by atoms with Crippen LogP contribution in [-0.2, 0) is 16.4 Å². The average Bonchev–Trinajstić information content (AvgIpc) is 2.14. The zero-order valence-corrected chi connectivity index (χ0v) is 9.34. The molecule has 0 spiro atoms. The normalized spacial score (nSPS) is 22.9. The molecule has 1 atom stereocenters. The van der Waals surface area contributed by atoms with Crippen LogP contribution in [0, 0.1) is 0 Å². The van der Waals surface area contributed by atoms with Crippen molar-refractivity contribution in [1.82, 2.24) is 0 Å². The van der Waals surface area contributed by atoms with Crippen LogP contribution in [0.1, 0.15) is 12.5 Å². The molecule has 4 nitrogen and oxygen atoms in total. The highest BCUT2D eigenvalue weighted by molar-refractivity contribution is 7.91. The third-order valence-corrected chi connectivity index (χ3v) is 4.54. The molecule has 0 aromatic heterocycles. The Morgan fingerprint density at radius 2 is 2.27 bits per heavy atom. The number of sulfone groups is 1. The van der Waals surface area contributed by atoms with Gasteiger partial charge in [0.1, 0.15) is 0 Å². The quantitative estimate of drug-likeness (QED) is 0.740. The van der Waals surface area contributed by atoms with Crippen LogP contribution in [0.5, 0.6) is 0 Å². The van der Waals surface area contributed by atoms with Gasteiger partial charge in [-0.15, -0.1) is 0 Å². The first-order valence-electron chi connectivity index (χ1n) is 4.86. The van der Waals surface area contributed by atoms with Crippen LogP contribution < -0.4 is 11.1 Å². The summed E-state index contributed by atoms with van der Waals surface area (Å²) in [5, 5.41) is 3.16. The van der Waals surface area contributed by atoms with Crippen LogP contribution in [0.15, 0.2) is 23.1 Å². The lowest BCUT2D eigenvalue weighted by molar-refractivity contribution is 0.587. The summed E-state index contributed by atoms with van der Waals surface area (Å²) in [5.41, 5.74) is 6.90. The first kappa shape index (κ1) is 10.4. The molecule has 5 heteroatoms. The number of anilines is 1. The predicted octanol–water partition coefficient (Wildman–Crippen LogP) is 0.733. The number of fused-ring (bicyclic) bond motifs is 1. The molecular formula is C10H14N2O2S. The molecule has 1 aromatic rings. The van der Waals surface area contributed by atoms with E-state index >= 15 is 0 Å². The van der Waals surface area contributed by atoms with Gasteiger partial charge in [-0.2, -0.15) is 0 Å². The summed E-state index contributed by atoms with van der Waals surface area (Å²) in [7, 11) is -3.18. The van der Waals surface area contributed by atoms with E-state index in [0.29, 0.717) is 16.1 Å². The zero-order valence-electron chi connectivity index (χ0n) is 8.53. The maximum absolute atomic E-state index is 12.0. The summed E-state index contributed by atoms with van der Waals surface area (Å²) in [6, 6.07) is 5.31. The van der Waals surface area contributed by atoms with Crippen LogP contribution in [0.25, 0.3) is 0 Å². The molecule has 0 saturated carbocycles. The van der Waals surface area contributed by atoms with E-state index in [1.165, 1.54) is 0 Å². The van der Waals surface area contributed by atoms with Crippen molar-refractivity contribution < 1.29 is 8.42 Å². The molecule has 0 radical (unpaired) electrons. The van der Waals surface area contributed by atoms with Gasteiger partial charge in [-0.05, 0) is 18.6 Å². The van der Waals surface area contributed by atoms with Crippen molar-refractivity contribution in [3.05, 3.63) is 23.8 Å². The maximum Gasteiger partial charge on any atom is 0.182 e. The summed E-state index contributed by atoms with van der Waals surface area (Å²) in [6.07, 6.45) is 0. The van der Waals surface area contributed by atoms with Gasteiger partial charge in [0, 0.05) is 12.6 Å². The summed E-state index contributed by atoms with van der Waals surface area (Å²) in [4.78, 5) is 0.380. The summed E-state index contributed by atoms with van der Waals surface area (Å²) >= 11 is 0. The van der Waals surface area contributed by atoms with E-state index < -0.39 is 9.84 Å².